The molecule has 5 aliphatic rings. The van der Waals surface area contributed by atoms with Crippen molar-refractivity contribution in [3.8, 4) is 33.4 Å². The molecule has 0 saturated heterocycles. The summed E-state index contributed by atoms with van der Waals surface area (Å²) < 4.78 is 2.65. The third kappa shape index (κ3) is 5.42. The Morgan fingerprint density at radius 2 is 1.19 bits per heavy atom. The zero-order valence-electron chi connectivity index (χ0n) is 36.5. The minimum atomic E-state index is 0.104. The van der Waals surface area contributed by atoms with E-state index in [4.69, 9.17) is 0 Å². The first-order valence-electron chi connectivity index (χ1n) is 24.4. The molecule has 2 heteroatoms. The van der Waals surface area contributed by atoms with E-state index in [0.29, 0.717) is 5.92 Å². The van der Waals surface area contributed by atoms with E-state index < -0.39 is 0 Å². The van der Waals surface area contributed by atoms with Gasteiger partial charge in [0.2, 0.25) is 0 Å². The predicted molar refractivity (Wildman–Crippen MR) is 271 cm³/mol. The molecule has 1 nitrogen and oxygen atoms in total. The third-order valence-corrected chi connectivity index (χ3v) is 18.4. The van der Waals surface area contributed by atoms with Gasteiger partial charge in [-0.3, -0.25) is 0 Å². The Balaban J connectivity index is 1.01. The van der Waals surface area contributed by atoms with Crippen LogP contribution in [-0.4, -0.2) is 0 Å². The van der Waals surface area contributed by atoms with Crippen molar-refractivity contribution in [2.75, 3.05) is 4.90 Å². The summed E-state index contributed by atoms with van der Waals surface area (Å²) in [6.45, 7) is 0. The van der Waals surface area contributed by atoms with E-state index in [1.807, 2.05) is 11.3 Å². The van der Waals surface area contributed by atoms with Crippen molar-refractivity contribution < 1.29 is 0 Å². The number of para-hydroxylation sites is 2. The van der Waals surface area contributed by atoms with E-state index in [-0.39, 0.29) is 5.41 Å². The number of benzene rings is 8. The van der Waals surface area contributed by atoms with E-state index in [2.05, 4.69) is 175 Å². The fourth-order valence-corrected chi connectivity index (χ4v) is 15.9. The van der Waals surface area contributed by atoms with E-state index in [1.165, 1.54) is 151 Å². The van der Waals surface area contributed by atoms with Crippen molar-refractivity contribution in [1.82, 2.24) is 0 Å². The number of thiophene rings is 1. The van der Waals surface area contributed by atoms with Crippen LogP contribution in [0.4, 0.5) is 17.1 Å². The van der Waals surface area contributed by atoms with Crippen molar-refractivity contribution in [1.29, 1.82) is 0 Å². The Hall–Kier alpha value is -5.96. The molecule has 312 valence electrons. The third-order valence-electron chi connectivity index (χ3n) is 17.2. The molecule has 0 radical (unpaired) electrons. The highest BCUT2D eigenvalue weighted by Crippen LogP contribution is 2.69. The van der Waals surface area contributed by atoms with Gasteiger partial charge >= 0.3 is 0 Å². The zero-order valence-corrected chi connectivity index (χ0v) is 37.3. The highest BCUT2D eigenvalue weighted by atomic mass is 32.1. The van der Waals surface area contributed by atoms with E-state index >= 15 is 0 Å². The average molecular weight is 844 g/mol. The fraction of sp³-hybridized carbons (Fsp3) is 0.258. The second kappa shape index (κ2) is 14.5. The standard InChI is InChI=1S/C62H53NS/c1-2-15-40(16-3-1)45-23-12-17-41-18-13-24-50(60(41)45)48-21-6-10-28-57(48)63(58-29-14-25-51-49-22-7-11-30-59(49)64-61(51)58)56-27-9-5-19-44(56)42-31-32-47-46-20-4-8-26-53(46)62(55(47)38-42)34-33-43-35-39-36-52(43)54(62)37-39/h4-14,17-32,38-40,43,52,54H,1-3,15-16,33-37H2. The number of anilines is 3. The van der Waals surface area contributed by atoms with E-state index in [0.717, 1.165) is 23.7 Å². The van der Waals surface area contributed by atoms with Crippen LogP contribution in [0.5, 0.6) is 0 Å². The van der Waals surface area contributed by atoms with E-state index in [1.54, 1.807) is 11.1 Å². The highest BCUT2D eigenvalue weighted by Gasteiger charge is 2.61. The summed E-state index contributed by atoms with van der Waals surface area (Å²) in [5.74, 6) is 4.06. The van der Waals surface area contributed by atoms with E-state index in [9.17, 15) is 0 Å². The summed E-state index contributed by atoms with van der Waals surface area (Å²) in [4.78, 5) is 2.64. The molecule has 4 fully saturated rings. The molecule has 0 amide bonds. The molecule has 0 aliphatic heterocycles. The molecule has 0 N–H and O–H groups in total. The lowest BCUT2D eigenvalue weighted by Crippen LogP contribution is -2.44. The van der Waals surface area contributed by atoms with Gasteiger partial charge in [-0.1, -0.05) is 159 Å². The first kappa shape index (κ1) is 37.4. The van der Waals surface area contributed by atoms with Crippen LogP contribution in [0.15, 0.2) is 170 Å². The zero-order chi connectivity index (χ0) is 41.9. The summed E-state index contributed by atoms with van der Waals surface area (Å²) in [6.07, 6.45) is 13.5. The van der Waals surface area contributed by atoms with Gasteiger partial charge in [0.15, 0.2) is 0 Å². The van der Waals surface area contributed by atoms with Gasteiger partial charge in [0.25, 0.3) is 0 Å². The SMILES string of the molecule is c1ccc(N(c2ccccc2-c2cccc3cccc(C4CCCCC4)c23)c2cccc3c2sc2ccccc23)c(-c2ccc3c(c2)C2(CCC4CC5CC4C2C5)c2ccccc2-3)c1. The van der Waals surface area contributed by atoms with Crippen LogP contribution in [0, 0.1) is 23.7 Å². The smallest absolute Gasteiger partial charge is 0.0640 e. The quantitative estimate of drug-likeness (QED) is 0.161. The number of nitrogens with zero attached hydrogens (tertiary/aromatic N) is 1. The monoisotopic (exact) mass is 843 g/mol. The second-order valence-corrected chi connectivity index (χ2v) is 21.2. The van der Waals surface area contributed by atoms with Gasteiger partial charge < -0.3 is 4.90 Å². The van der Waals surface area contributed by atoms with Crippen LogP contribution < -0.4 is 4.90 Å². The minimum absolute atomic E-state index is 0.104. The lowest BCUT2D eigenvalue weighted by Gasteiger charge is -2.49. The molecule has 1 aromatic heterocycles. The molecular weight excluding hydrogens is 791 g/mol. The minimum Gasteiger partial charge on any atom is -0.308 e. The molecule has 5 atom stereocenters. The summed E-state index contributed by atoms with van der Waals surface area (Å²) in [5, 5.41) is 5.42. The van der Waals surface area contributed by atoms with Crippen molar-refractivity contribution in [3.05, 3.63) is 187 Å². The lowest BCUT2D eigenvalue weighted by molar-refractivity contribution is 0.0937. The Kier molecular flexibility index (Phi) is 8.49. The summed E-state index contributed by atoms with van der Waals surface area (Å²) in [5.41, 5.74) is 16.7. The van der Waals surface area contributed by atoms with Crippen LogP contribution in [0.3, 0.4) is 0 Å². The maximum absolute atomic E-state index is 2.67. The lowest BCUT2D eigenvalue weighted by atomic mass is 9.54. The second-order valence-electron chi connectivity index (χ2n) is 20.1. The number of fused-ring (bicyclic) bond motifs is 11. The van der Waals surface area contributed by atoms with Gasteiger partial charge in [-0.15, -0.1) is 11.3 Å². The van der Waals surface area contributed by atoms with Crippen LogP contribution in [0.1, 0.15) is 86.8 Å². The highest BCUT2D eigenvalue weighted by molar-refractivity contribution is 7.26. The molecule has 64 heavy (non-hydrogen) atoms. The topological polar surface area (TPSA) is 3.24 Å². The Labute approximate surface area is 381 Å². The fourth-order valence-electron chi connectivity index (χ4n) is 14.7. The van der Waals surface area contributed by atoms with Gasteiger partial charge in [-0.05, 0) is 155 Å². The van der Waals surface area contributed by atoms with Crippen molar-refractivity contribution in [2.24, 2.45) is 23.7 Å². The number of hydrogen-bond acceptors (Lipinski definition) is 2. The van der Waals surface area contributed by atoms with Crippen LogP contribution in [-0.2, 0) is 5.41 Å². The molecule has 8 aromatic carbocycles. The molecule has 4 saturated carbocycles. The first-order valence-corrected chi connectivity index (χ1v) is 25.2. The first-order chi connectivity index (χ1) is 31.7. The van der Waals surface area contributed by atoms with Gasteiger partial charge in [-0.2, -0.15) is 0 Å². The van der Waals surface area contributed by atoms with Gasteiger partial charge in [-0.25, -0.2) is 0 Å². The normalized spacial score (nSPS) is 23.3. The summed E-state index contributed by atoms with van der Waals surface area (Å²) in [6, 6.07) is 65.8. The van der Waals surface area contributed by atoms with Crippen LogP contribution in [0.25, 0.3) is 64.3 Å². The number of hydrogen-bond donors (Lipinski definition) is 0. The van der Waals surface area contributed by atoms with Gasteiger partial charge in [0.05, 0.1) is 21.8 Å². The molecule has 1 heterocycles. The van der Waals surface area contributed by atoms with Crippen molar-refractivity contribution in [2.45, 2.75) is 75.5 Å². The number of rotatable bonds is 6. The Bertz CT molecular complexity index is 3310. The summed E-state index contributed by atoms with van der Waals surface area (Å²) >= 11 is 1.93. The van der Waals surface area contributed by atoms with Gasteiger partial charge in [0.1, 0.15) is 0 Å². The van der Waals surface area contributed by atoms with Crippen LogP contribution >= 0.6 is 11.3 Å². The summed E-state index contributed by atoms with van der Waals surface area (Å²) in [7, 11) is 0. The average Bonchev–Trinajstić information content (AvgIpc) is 4.14. The molecule has 5 aliphatic carbocycles. The maximum atomic E-state index is 2.67. The maximum Gasteiger partial charge on any atom is 0.0640 e. The molecule has 14 rings (SSSR count). The Morgan fingerprint density at radius 3 is 2.06 bits per heavy atom. The molecular formula is C62H53NS. The van der Waals surface area contributed by atoms with Gasteiger partial charge in [0, 0.05) is 32.0 Å². The Morgan fingerprint density at radius 1 is 0.500 bits per heavy atom. The molecule has 5 unspecified atom stereocenters. The van der Waals surface area contributed by atoms with Crippen LogP contribution in [0.2, 0.25) is 0 Å². The largest absolute Gasteiger partial charge is 0.308 e. The van der Waals surface area contributed by atoms with Crippen molar-refractivity contribution in [3.63, 3.8) is 0 Å². The molecule has 2 bridgehead atoms. The molecule has 9 aromatic rings. The predicted octanol–water partition coefficient (Wildman–Crippen LogP) is 17.8. The van der Waals surface area contributed by atoms with Crippen molar-refractivity contribution >= 4 is 59.3 Å². The molecule has 1 spiro atoms.